The molecule has 1 aromatic carbocycles. The maximum Gasteiger partial charge on any atom is 0.292 e. The quantitative estimate of drug-likeness (QED) is 0.384. The van der Waals surface area contributed by atoms with Crippen LogP contribution in [0.4, 0.5) is 11.4 Å². The van der Waals surface area contributed by atoms with Gasteiger partial charge in [0.05, 0.1) is 9.83 Å². The van der Waals surface area contributed by atoms with E-state index in [1.165, 1.54) is 6.07 Å². The van der Waals surface area contributed by atoms with Gasteiger partial charge in [-0.2, -0.15) is 0 Å². The second-order valence-electron chi connectivity index (χ2n) is 3.64. The van der Waals surface area contributed by atoms with Gasteiger partial charge in [-0.25, -0.2) is 0 Å². The predicted octanol–water partition coefficient (Wildman–Crippen LogP) is 2.13. The lowest BCUT2D eigenvalue weighted by Crippen LogP contribution is -2.17. The molecular formula is C11H9N3O3S2. The van der Waals surface area contributed by atoms with Crippen molar-refractivity contribution < 1.29 is 9.72 Å². The van der Waals surface area contributed by atoms with E-state index in [0.29, 0.717) is 20.5 Å². The van der Waals surface area contributed by atoms with Crippen molar-refractivity contribution in [2.24, 2.45) is 0 Å². The lowest BCUT2D eigenvalue weighted by Gasteiger charge is -2.03. The molecule has 0 aromatic heterocycles. The largest absolute Gasteiger partial charge is 0.383 e. The average molecular weight is 295 g/mol. The number of carbonyl (C=O) groups is 1. The fourth-order valence-electron chi connectivity index (χ4n) is 1.57. The minimum atomic E-state index is -0.472. The fraction of sp³-hybridized carbons (Fsp3) is 0.0909. The number of thiocarbonyl (C=S) groups is 1. The van der Waals surface area contributed by atoms with Crippen molar-refractivity contribution in [3.05, 3.63) is 38.8 Å². The van der Waals surface area contributed by atoms with Gasteiger partial charge in [-0.1, -0.05) is 30.0 Å². The summed E-state index contributed by atoms with van der Waals surface area (Å²) < 4.78 is 0.387. The van der Waals surface area contributed by atoms with Crippen LogP contribution in [-0.2, 0) is 4.79 Å². The lowest BCUT2D eigenvalue weighted by atomic mass is 10.1. The molecule has 0 unspecified atom stereocenters. The van der Waals surface area contributed by atoms with Crippen LogP contribution in [0, 0.1) is 10.1 Å². The fourth-order valence-corrected chi connectivity index (χ4v) is 2.62. The first-order valence-corrected chi connectivity index (χ1v) is 6.45. The van der Waals surface area contributed by atoms with E-state index in [2.05, 4.69) is 10.6 Å². The molecule has 1 aliphatic heterocycles. The molecule has 1 heterocycles. The Morgan fingerprint density at radius 1 is 1.53 bits per heavy atom. The lowest BCUT2D eigenvalue weighted by molar-refractivity contribution is -0.383. The summed E-state index contributed by atoms with van der Waals surface area (Å²) in [5.41, 5.74) is 0.960. The Morgan fingerprint density at radius 2 is 2.26 bits per heavy atom. The number of thioether (sulfide) groups is 1. The van der Waals surface area contributed by atoms with Crippen LogP contribution in [0.1, 0.15) is 5.56 Å². The number of nitro benzene ring substituents is 1. The molecule has 2 rings (SSSR count). The van der Waals surface area contributed by atoms with E-state index in [1.807, 2.05) is 0 Å². The summed E-state index contributed by atoms with van der Waals surface area (Å²) in [6, 6.07) is 4.70. The highest BCUT2D eigenvalue weighted by Crippen LogP contribution is 2.29. The minimum absolute atomic E-state index is 0.0390. The van der Waals surface area contributed by atoms with Crippen molar-refractivity contribution in [1.29, 1.82) is 0 Å². The Hall–Kier alpha value is -1.93. The number of nitrogens with one attached hydrogen (secondary N) is 2. The first kappa shape index (κ1) is 13.5. The maximum atomic E-state index is 11.5. The Kier molecular flexibility index (Phi) is 3.82. The number of carbonyl (C=O) groups excluding carboxylic acids is 1. The molecule has 0 atom stereocenters. The van der Waals surface area contributed by atoms with Gasteiger partial charge in [0.1, 0.15) is 10.0 Å². The zero-order valence-electron chi connectivity index (χ0n) is 9.80. The van der Waals surface area contributed by atoms with Crippen molar-refractivity contribution in [2.45, 2.75) is 0 Å². The highest BCUT2D eigenvalue weighted by Gasteiger charge is 2.22. The molecular weight excluding hydrogens is 286 g/mol. The number of nitrogens with zero attached hydrogens (tertiary/aromatic N) is 1. The normalized spacial score (nSPS) is 16.6. The van der Waals surface area contributed by atoms with Crippen molar-refractivity contribution in [1.82, 2.24) is 5.32 Å². The topological polar surface area (TPSA) is 84.3 Å². The Balaban J connectivity index is 2.39. The molecule has 1 aromatic rings. The van der Waals surface area contributed by atoms with Crippen LogP contribution < -0.4 is 10.6 Å². The van der Waals surface area contributed by atoms with Crippen LogP contribution in [0.15, 0.2) is 23.1 Å². The Morgan fingerprint density at radius 3 is 2.79 bits per heavy atom. The highest BCUT2D eigenvalue weighted by molar-refractivity contribution is 8.26. The molecule has 1 amide bonds. The molecule has 1 aliphatic rings. The summed E-state index contributed by atoms with van der Waals surface area (Å²) >= 11 is 6.01. The Bertz CT molecular complexity index is 613. The van der Waals surface area contributed by atoms with Crippen molar-refractivity contribution >= 4 is 51.7 Å². The third-order valence-corrected chi connectivity index (χ3v) is 3.59. The number of anilines is 1. The van der Waals surface area contributed by atoms with Crippen LogP contribution in [0.5, 0.6) is 0 Å². The molecule has 0 spiro atoms. The molecule has 98 valence electrons. The predicted molar refractivity (Wildman–Crippen MR) is 79.0 cm³/mol. The number of benzene rings is 1. The van der Waals surface area contributed by atoms with Gasteiger partial charge >= 0.3 is 0 Å². The second kappa shape index (κ2) is 5.37. The van der Waals surface area contributed by atoms with Crippen molar-refractivity contribution in [2.75, 3.05) is 12.4 Å². The summed E-state index contributed by atoms with van der Waals surface area (Å²) in [4.78, 5) is 22.4. The van der Waals surface area contributed by atoms with Crippen LogP contribution in [0.2, 0.25) is 0 Å². The van der Waals surface area contributed by atoms with Crippen molar-refractivity contribution in [3.8, 4) is 0 Å². The summed E-state index contributed by atoms with van der Waals surface area (Å²) in [6.07, 6.45) is 1.58. The zero-order valence-corrected chi connectivity index (χ0v) is 11.4. The van der Waals surface area contributed by atoms with Gasteiger partial charge in [-0.15, -0.1) is 0 Å². The summed E-state index contributed by atoms with van der Waals surface area (Å²) in [5.74, 6) is -0.282. The van der Waals surface area contributed by atoms with E-state index in [9.17, 15) is 14.9 Å². The third-order valence-electron chi connectivity index (χ3n) is 2.43. The van der Waals surface area contributed by atoms with Crippen LogP contribution in [0.3, 0.4) is 0 Å². The first-order valence-electron chi connectivity index (χ1n) is 5.22. The standard InChI is InChI=1S/C11H9N3O3S2/c1-12-7-3-2-6(4-8(7)14(16)17)5-9-10(15)13-11(18)19-9/h2-5,12H,1H3,(H,13,15,18)/b9-5-. The molecule has 0 radical (unpaired) electrons. The number of amides is 1. The molecule has 8 heteroatoms. The average Bonchev–Trinajstić information content (AvgIpc) is 2.67. The van der Waals surface area contributed by atoms with E-state index in [1.54, 1.807) is 25.3 Å². The Labute approximate surface area is 118 Å². The summed E-state index contributed by atoms with van der Waals surface area (Å²) in [6.45, 7) is 0. The molecule has 0 bridgehead atoms. The molecule has 1 saturated heterocycles. The van der Waals surface area contributed by atoms with Gasteiger partial charge in [0, 0.05) is 13.1 Å². The number of hydrogen-bond donors (Lipinski definition) is 2. The first-order chi connectivity index (χ1) is 9.01. The van der Waals surface area contributed by atoms with Gasteiger partial charge in [-0.3, -0.25) is 14.9 Å². The van der Waals surface area contributed by atoms with Gasteiger partial charge < -0.3 is 10.6 Å². The zero-order chi connectivity index (χ0) is 14.0. The summed E-state index contributed by atoms with van der Waals surface area (Å²) in [7, 11) is 1.61. The highest BCUT2D eigenvalue weighted by atomic mass is 32.2. The second-order valence-corrected chi connectivity index (χ2v) is 5.35. The number of hydrogen-bond acceptors (Lipinski definition) is 6. The van der Waals surface area contributed by atoms with Gasteiger partial charge in [0.25, 0.3) is 11.6 Å². The molecule has 19 heavy (non-hydrogen) atoms. The van der Waals surface area contributed by atoms with E-state index in [-0.39, 0.29) is 11.6 Å². The number of nitro groups is 1. The van der Waals surface area contributed by atoms with Crippen molar-refractivity contribution in [3.63, 3.8) is 0 Å². The summed E-state index contributed by atoms with van der Waals surface area (Å²) in [5, 5.41) is 16.2. The van der Waals surface area contributed by atoms with Crippen LogP contribution in [0.25, 0.3) is 6.08 Å². The van der Waals surface area contributed by atoms with Crippen LogP contribution >= 0.6 is 24.0 Å². The molecule has 2 N–H and O–H groups in total. The maximum absolute atomic E-state index is 11.5. The molecule has 1 fully saturated rings. The molecule has 0 saturated carbocycles. The van der Waals surface area contributed by atoms with E-state index >= 15 is 0 Å². The van der Waals surface area contributed by atoms with Gasteiger partial charge in [0.2, 0.25) is 0 Å². The smallest absolute Gasteiger partial charge is 0.292 e. The van der Waals surface area contributed by atoms with E-state index in [4.69, 9.17) is 12.2 Å². The van der Waals surface area contributed by atoms with Gasteiger partial charge in [0.15, 0.2) is 0 Å². The van der Waals surface area contributed by atoms with Crippen LogP contribution in [-0.4, -0.2) is 22.2 Å². The van der Waals surface area contributed by atoms with E-state index < -0.39 is 4.92 Å². The molecule has 6 nitrogen and oxygen atoms in total. The monoisotopic (exact) mass is 295 g/mol. The number of rotatable bonds is 3. The molecule has 0 aliphatic carbocycles. The third kappa shape index (κ3) is 2.91. The van der Waals surface area contributed by atoms with E-state index in [0.717, 1.165) is 11.8 Å². The SMILES string of the molecule is CNc1ccc(/C=C2\SC(=S)NC2=O)cc1[N+](=O)[O-]. The minimum Gasteiger partial charge on any atom is -0.383 e. The van der Waals surface area contributed by atoms with Gasteiger partial charge in [-0.05, 0) is 17.7 Å².